The molecule has 1 aliphatic rings. The fraction of sp³-hybridized carbons (Fsp3) is 1.00. The van der Waals surface area contributed by atoms with Crippen molar-refractivity contribution in [1.29, 1.82) is 0 Å². The second kappa shape index (κ2) is 5.01. The molecule has 0 unspecified atom stereocenters. The molecule has 0 aliphatic carbocycles. The molecule has 84 valence electrons. The van der Waals surface area contributed by atoms with E-state index in [0.29, 0.717) is 6.54 Å². The largest absolute Gasteiger partial charge is 0.389 e. The van der Waals surface area contributed by atoms with Gasteiger partial charge in [0.25, 0.3) is 0 Å². The zero-order valence-electron chi connectivity index (χ0n) is 8.61. The molecule has 0 aromatic heterocycles. The lowest BCUT2D eigenvalue weighted by atomic mass is 9.99. The van der Waals surface area contributed by atoms with Gasteiger partial charge in [0.2, 0.25) is 0 Å². The number of nitrogens with zero attached hydrogens (tertiary/aromatic N) is 1. The van der Waals surface area contributed by atoms with Crippen LogP contribution in [0.3, 0.4) is 0 Å². The van der Waals surface area contributed by atoms with Crippen LogP contribution in [0.15, 0.2) is 0 Å². The van der Waals surface area contributed by atoms with Crippen LogP contribution in [0.2, 0.25) is 0 Å². The Kier molecular flexibility index (Phi) is 4.23. The van der Waals surface area contributed by atoms with Gasteiger partial charge in [0.15, 0.2) is 0 Å². The summed E-state index contributed by atoms with van der Waals surface area (Å²) < 4.78 is 35.6. The van der Waals surface area contributed by atoms with Gasteiger partial charge in [-0.05, 0) is 44.8 Å². The van der Waals surface area contributed by atoms with E-state index in [9.17, 15) is 13.2 Å². The monoisotopic (exact) mass is 209 g/mol. The summed E-state index contributed by atoms with van der Waals surface area (Å²) >= 11 is 0. The Bertz CT molecular complexity index is 159. The van der Waals surface area contributed by atoms with Gasteiger partial charge >= 0.3 is 6.18 Å². The maximum Gasteiger partial charge on any atom is 0.389 e. The molecule has 1 aliphatic heterocycles. The van der Waals surface area contributed by atoms with E-state index in [1.165, 1.54) is 0 Å². The molecular formula is C10H18F3N. The Balaban J connectivity index is 2.08. The average Bonchev–Trinajstić information content (AvgIpc) is 2.06. The Labute approximate surface area is 83.3 Å². The van der Waals surface area contributed by atoms with Gasteiger partial charge in [-0.3, -0.25) is 0 Å². The minimum Gasteiger partial charge on any atom is -0.303 e. The van der Waals surface area contributed by atoms with Crippen molar-refractivity contribution in [3.05, 3.63) is 0 Å². The molecule has 14 heavy (non-hydrogen) atoms. The SMILES string of the molecule is CC1CCN(CCCC(F)(F)F)CC1. The number of halogens is 3. The van der Waals surface area contributed by atoms with Crippen molar-refractivity contribution in [3.63, 3.8) is 0 Å². The third kappa shape index (κ3) is 4.84. The number of rotatable bonds is 3. The molecule has 0 aromatic rings. The third-order valence-electron chi connectivity index (χ3n) is 2.81. The zero-order chi connectivity index (χ0) is 10.6. The molecular weight excluding hydrogens is 191 g/mol. The molecule has 1 fully saturated rings. The minimum atomic E-state index is -3.98. The summed E-state index contributed by atoms with van der Waals surface area (Å²) in [6.45, 7) is 4.75. The van der Waals surface area contributed by atoms with Crippen LogP contribution in [0.4, 0.5) is 13.2 Å². The normalized spacial score (nSPS) is 21.4. The first-order valence-corrected chi connectivity index (χ1v) is 5.26. The number of hydrogen-bond acceptors (Lipinski definition) is 1. The van der Waals surface area contributed by atoms with Crippen LogP contribution in [-0.2, 0) is 0 Å². The fourth-order valence-electron chi connectivity index (χ4n) is 1.79. The van der Waals surface area contributed by atoms with Crippen molar-refractivity contribution in [3.8, 4) is 0 Å². The van der Waals surface area contributed by atoms with Crippen LogP contribution >= 0.6 is 0 Å². The Morgan fingerprint density at radius 2 is 1.79 bits per heavy atom. The van der Waals surface area contributed by atoms with E-state index in [1.807, 2.05) is 0 Å². The topological polar surface area (TPSA) is 3.24 Å². The average molecular weight is 209 g/mol. The van der Waals surface area contributed by atoms with Gasteiger partial charge in [0.1, 0.15) is 0 Å². The van der Waals surface area contributed by atoms with E-state index < -0.39 is 12.6 Å². The summed E-state index contributed by atoms with van der Waals surface area (Å²) in [7, 11) is 0. The summed E-state index contributed by atoms with van der Waals surface area (Å²) in [6, 6.07) is 0. The maximum atomic E-state index is 11.9. The quantitative estimate of drug-likeness (QED) is 0.690. The number of hydrogen-bond donors (Lipinski definition) is 0. The molecule has 1 nitrogen and oxygen atoms in total. The predicted octanol–water partition coefficient (Wildman–Crippen LogP) is 3.06. The van der Waals surface area contributed by atoms with Crippen LogP contribution in [-0.4, -0.2) is 30.7 Å². The first kappa shape index (κ1) is 11.8. The molecule has 0 amide bonds. The van der Waals surface area contributed by atoms with Gasteiger partial charge < -0.3 is 4.90 Å². The maximum absolute atomic E-state index is 11.9. The van der Waals surface area contributed by atoms with E-state index in [4.69, 9.17) is 0 Å². The summed E-state index contributed by atoms with van der Waals surface area (Å²) in [5.41, 5.74) is 0. The fourth-order valence-corrected chi connectivity index (χ4v) is 1.79. The summed E-state index contributed by atoms with van der Waals surface area (Å²) in [5.74, 6) is 0.744. The molecule has 0 N–H and O–H groups in total. The lowest BCUT2D eigenvalue weighted by Gasteiger charge is -2.30. The molecule has 0 radical (unpaired) electrons. The van der Waals surface area contributed by atoms with Crippen molar-refractivity contribution >= 4 is 0 Å². The van der Waals surface area contributed by atoms with Crippen LogP contribution in [0, 0.1) is 5.92 Å². The second-order valence-corrected chi connectivity index (χ2v) is 4.24. The lowest BCUT2D eigenvalue weighted by molar-refractivity contribution is -0.136. The Hall–Kier alpha value is -0.250. The highest BCUT2D eigenvalue weighted by molar-refractivity contribution is 4.69. The van der Waals surface area contributed by atoms with Gasteiger partial charge in [-0.15, -0.1) is 0 Å². The third-order valence-corrected chi connectivity index (χ3v) is 2.81. The predicted molar refractivity (Wildman–Crippen MR) is 50.1 cm³/mol. The first-order valence-electron chi connectivity index (χ1n) is 5.26. The van der Waals surface area contributed by atoms with Crippen molar-refractivity contribution < 1.29 is 13.2 Å². The van der Waals surface area contributed by atoms with Crippen molar-refractivity contribution in [2.75, 3.05) is 19.6 Å². The second-order valence-electron chi connectivity index (χ2n) is 4.24. The smallest absolute Gasteiger partial charge is 0.303 e. The molecule has 1 saturated heterocycles. The molecule has 4 heteroatoms. The minimum absolute atomic E-state index is 0.248. The van der Waals surface area contributed by atoms with Gasteiger partial charge in [-0.2, -0.15) is 13.2 Å². The van der Waals surface area contributed by atoms with Crippen LogP contribution in [0.25, 0.3) is 0 Å². The van der Waals surface area contributed by atoms with Crippen molar-refractivity contribution in [2.45, 2.75) is 38.8 Å². The highest BCUT2D eigenvalue weighted by Crippen LogP contribution is 2.22. The molecule has 0 aromatic carbocycles. The molecule has 1 rings (SSSR count). The molecule has 0 saturated carbocycles. The van der Waals surface area contributed by atoms with Crippen LogP contribution in [0.5, 0.6) is 0 Å². The Morgan fingerprint density at radius 3 is 2.29 bits per heavy atom. The van der Waals surface area contributed by atoms with E-state index in [2.05, 4.69) is 11.8 Å². The number of piperidine rings is 1. The van der Waals surface area contributed by atoms with E-state index in [-0.39, 0.29) is 6.42 Å². The summed E-state index contributed by atoms with van der Waals surface area (Å²) in [5, 5.41) is 0. The first-order chi connectivity index (χ1) is 6.47. The molecule has 0 atom stereocenters. The van der Waals surface area contributed by atoms with Crippen molar-refractivity contribution in [2.24, 2.45) is 5.92 Å². The summed E-state index contributed by atoms with van der Waals surface area (Å²) in [6.07, 6.45) is -2.11. The highest BCUT2D eigenvalue weighted by Gasteiger charge is 2.26. The van der Waals surface area contributed by atoms with Gasteiger partial charge in [-0.1, -0.05) is 6.92 Å². The van der Waals surface area contributed by atoms with Gasteiger partial charge in [0, 0.05) is 6.42 Å². The zero-order valence-corrected chi connectivity index (χ0v) is 8.61. The van der Waals surface area contributed by atoms with Gasteiger partial charge in [-0.25, -0.2) is 0 Å². The Morgan fingerprint density at radius 1 is 1.21 bits per heavy atom. The van der Waals surface area contributed by atoms with Crippen LogP contribution in [0.1, 0.15) is 32.6 Å². The van der Waals surface area contributed by atoms with Crippen LogP contribution < -0.4 is 0 Å². The van der Waals surface area contributed by atoms with Crippen molar-refractivity contribution in [1.82, 2.24) is 4.90 Å². The van der Waals surface area contributed by atoms with Gasteiger partial charge in [0.05, 0.1) is 0 Å². The highest BCUT2D eigenvalue weighted by atomic mass is 19.4. The lowest BCUT2D eigenvalue weighted by Crippen LogP contribution is -2.34. The molecule has 0 spiro atoms. The molecule has 0 bridgehead atoms. The molecule has 1 heterocycles. The van der Waals surface area contributed by atoms with E-state index >= 15 is 0 Å². The summed E-state index contributed by atoms with van der Waals surface area (Å²) in [4.78, 5) is 2.14. The number of alkyl halides is 3. The standard InChI is InChI=1S/C10H18F3N/c1-9-3-7-14(8-4-9)6-2-5-10(11,12)13/h9H,2-8H2,1H3. The number of likely N-dealkylation sites (tertiary alicyclic amines) is 1. The van der Waals surface area contributed by atoms with E-state index in [1.54, 1.807) is 0 Å². The van der Waals surface area contributed by atoms with E-state index in [0.717, 1.165) is 31.8 Å².